The minimum atomic E-state index is -3.55. The van der Waals surface area contributed by atoms with Crippen LogP contribution in [0.2, 0.25) is 5.02 Å². The van der Waals surface area contributed by atoms with Crippen LogP contribution in [0.25, 0.3) is 6.08 Å². The molecule has 0 saturated heterocycles. The summed E-state index contributed by atoms with van der Waals surface area (Å²) in [6.07, 6.45) is 2.34. The van der Waals surface area contributed by atoms with Crippen molar-refractivity contribution >= 4 is 49.9 Å². The highest BCUT2D eigenvalue weighted by molar-refractivity contribution is 7.92. The third-order valence-corrected chi connectivity index (χ3v) is 6.88. The van der Waals surface area contributed by atoms with E-state index in [9.17, 15) is 18.5 Å². The van der Waals surface area contributed by atoms with Crippen LogP contribution in [0, 0.1) is 11.3 Å². The average Bonchev–Trinajstić information content (AvgIpc) is 3.26. The molecule has 0 radical (unpaired) electrons. The number of hydrogen-bond acceptors (Lipinski definition) is 9. The van der Waals surface area contributed by atoms with Crippen LogP contribution in [0.5, 0.6) is 11.5 Å². The second-order valence-corrected chi connectivity index (χ2v) is 10.2. The lowest BCUT2D eigenvalue weighted by atomic mass is 10.1. The standard InChI is InChI=1S/C21H17ClN4O5S2/c1-30-18-10-14(5-8-17(18)31-12-13-3-6-16(22)7-4-13)9-15(11-23)19(27)24-20-25-26-21(32-20)33(2,28)29/h3-10H,12H2,1-2H3,(H,24,25,27)/b15-9-. The van der Waals surface area contributed by atoms with E-state index in [-0.39, 0.29) is 15.0 Å². The molecule has 0 bridgehead atoms. The van der Waals surface area contributed by atoms with Gasteiger partial charge >= 0.3 is 0 Å². The Bertz CT molecular complexity index is 1350. The van der Waals surface area contributed by atoms with Crippen molar-refractivity contribution in [2.24, 2.45) is 0 Å². The summed E-state index contributed by atoms with van der Waals surface area (Å²) in [6.45, 7) is 0.298. The van der Waals surface area contributed by atoms with Crippen LogP contribution in [0.1, 0.15) is 11.1 Å². The molecule has 3 rings (SSSR count). The number of halogens is 1. The van der Waals surface area contributed by atoms with Crippen molar-refractivity contribution in [2.45, 2.75) is 10.9 Å². The van der Waals surface area contributed by atoms with Crippen molar-refractivity contribution in [3.05, 3.63) is 64.2 Å². The van der Waals surface area contributed by atoms with E-state index in [0.717, 1.165) is 11.8 Å². The molecule has 170 valence electrons. The second kappa shape index (κ2) is 10.4. The van der Waals surface area contributed by atoms with Crippen molar-refractivity contribution in [3.63, 3.8) is 0 Å². The van der Waals surface area contributed by atoms with E-state index < -0.39 is 15.7 Å². The third-order valence-electron chi connectivity index (χ3n) is 4.12. The third kappa shape index (κ3) is 6.52. The fourth-order valence-corrected chi connectivity index (χ4v) is 4.15. The maximum absolute atomic E-state index is 12.4. The Hall–Kier alpha value is -3.46. The summed E-state index contributed by atoms with van der Waals surface area (Å²) in [6, 6.07) is 14.0. The molecule has 1 N–H and O–H groups in total. The summed E-state index contributed by atoms with van der Waals surface area (Å²) >= 11 is 6.58. The number of anilines is 1. The molecule has 0 aliphatic heterocycles. The molecule has 2 aromatic carbocycles. The number of sulfone groups is 1. The molecule has 1 aromatic heterocycles. The predicted molar refractivity (Wildman–Crippen MR) is 124 cm³/mol. The number of nitrogens with one attached hydrogen (secondary N) is 1. The van der Waals surface area contributed by atoms with Crippen LogP contribution in [0.3, 0.4) is 0 Å². The van der Waals surface area contributed by atoms with E-state index in [4.69, 9.17) is 21.1 Å². The molecular formula is C21H17ClN4O5S2. The van der Waals surface area contributed by atoms with Gasteiger partial charge in [0, 0.05) is 11.3 Å². The topological polar surface area (TPSA) is 131 Å². The lowest BCUT2D eigenvalue weighted by molar-refractivity contribution is -0.112. The van der Waals surface area contributed by atoms with Gasteiger partial charge in [-0.05, 0) is 41.5 Å². The molecular weight excluding hydrogens is 488 g/mol. The Morgan fingerprint density at radius 1 is 1.21 bits per heavy atom. The Morgan fingerprint density at radius 2 is 1.94 bits per heavy atom. The molecule has 0 spiro atoms. The van der Waals surface area contributed by atoms with Gasteiger partial charge in [-0.1, -0.05) is 41.1 Å². The highest BCUT2D eigenvalue weighted by atomic mass is 35.5. The van der Waals surface area contributed by atoms with Gasteiger partial charge < -0.3 is 9.47 Å². The first-order valence-corrected chi connectivity index (χ1v) is 12.3. The molecule has 0 aliphatic carbocycles. The first-order chi connectivity index (χ1) is 15.7. The maximum atomic E-state index is 12.4. The summed E-state index contributed by atoms with van der Waals surface area (Å²) in [4.78, 5) is 12.4. The summed E-state index contributed by atoms with van der Waals surface area (Å²) in [7, 11) is -2.07. The van der Waals surface area contributed by atoms with Gasteiger partial charge in [0.05, 0.1) is 7.11 Å². The molecule has 0 atom stereocenters. The van der Waals surface area contributed by atoms with E-state index in [0.29, 0.717) is 40.0 Å². The quantitative estimate of drug-likeness (QED) is 0.279. The molecule has 0 saturated carbocycles. The minimum absolute atomic E-state index is 0.0369. The maximum Gasteiger partial charge on any atom is 0.268 e. The van der Waals surface area contributed by atoms with Gasteiger partial charge in [0.15, 0.2) is 11.5 Å². The second-order valence-electron chi connectivity index (χ2n) is 6.59. The van der Waals surface area contributed by atoms with Crippen LogP contribution in [0.15, 0.2) is 52.4 Å². The van der Waals surface area contributed by atoms with E-state index in [1.54, 1.807) is 30.3 Å². The summed E-state index contributed by atoms with van der Waals surface area (Å²) in [5, 5.41) is 19.5. The van der Waals surface area contributed by atoms with Crippen LogP contribution < -0.4 is 14.8 Å². The molecule has 0 fully saturated rings. The number of benzene rings is 2. The van der Waals surface area contributed by atoms with Gasteiger partial charge in [-0.2, -0.15) is 5.26 Å². The number of rotatable bonds is 8. The van der Waals surface area contributed by atoms with Crippen molar-refractivity contribution < 1.29 is 22.7 Å². The van der Waals surface area contributed by atoms with E-state index >= 15 is 0 Å². The van der Waals surface area contributed by atoms with Crippen molar-refractivity contribution in [3.8, 4) is 17.6 Å². The molecule has 33 heavy (non-hydrogen) atoms. The van der Waals surface area contributed by atoms with Crippen LogP contribution in [0.4, 0.5) is 5.13 Å². The number of amides is 1. The fourth-order valence-electron chi connectivity index (χ4n) is 2.52. The van der Waals surface area contributed by atoms with Crippen LogP contribution >= 0.6 is 22.9 Å². The van der Waals surface area contributed by atoms with Gasteiger partial charge in [0.25, 0.3) is 5.91 Å². The minimum Gasteiger partial charge on any atom is -0.493 e. The number of carbonyl (C=O) groups is 1. The highest BCUT2D eigenvalue weighted by Crippen LogP contribution is 2.30. The Labute approximate surface area is 199 Å². The van der Waals surface area contributed by atoms with Crippen molar-refractivity contribution in [2.75, 3.05) is 18.7 Å². The predicted octanol–water partition coefficient (Wildman–Crippen LogP) is 3.73. The van der Waals surface area contributed by atoms with E-state index in [1.165, 1.54) is 13.2 Å². The lowest BCUT2D eigenvalue weighted by Crippen LogP contribution is -2.13. The smallest absolute Gasteiger partial charge is 0.268 e. The summed E-state index contributed by atoms with van der Waals surface area (Å²) in [5.74, 6) is 0.141. The Kier molecular flexibility index (Phi) is 7.65. The number of hydrogen-bond donors (Lipinski definition) is 1. The zero-order valence-corrected chi connectivity index (χ0v) is 19.8. The largest absolute Gasteiger partial charge is 0.493 e. The summed E-state index contributed by atoms with van der Waals surface area (Å²) in [5.41, 5.74) is 1.22. The number of methoxy groups -OCH3 is 1. The Morgan fingerprint density at radius 3 is 2.55 bits per heavy atom. The average molecular weight is 505 g/mol. The zero-order valence-electron chi connectivity index (χ0n) is 17.4. The fraction of sp³-hybridized carbons (Fsp3) is 0.143. The zero-order chi connectivity index (χ0) is 24.0. The molecule has 1 heterocycles. The molecule has 9 nitrogen and oxygen atoms in total. The normalized spacial score (nSPS) is 11.5. The van der Waals surface area contributed by atoms with Gasteiger partial charge in [0.2, 0.25) is 19.3 Å². The summed E-state index contributed by atoms with van der Waals surface area (Å²) < 4.78 is 33.9. The molecule has 3 aromatic rings. The number of nitrogens with zero attached hydrogens (tertiary/aromatic N) is 3. The highest BCUT2D eigenvalue weighted by Gasteiger charge is 2.17. The van der Waals surface area contributed by atoms with Gasteiger partial charge in [-0.3, -0.25) is 10.1 Å². The molecule has 0 unspecified atom stereocenters. The van der Waals surface area contributed by atoms with Crippen molar-refractivity contribution in [1.82, 2.24) is 10.2 Å². The SMILES string of the molecule is COc1cc(/C=C(/C#N)C(=O)Nc2nnc(S(C)(=O)=O)s2)ccc1OCc1ccc(Cl)cc1. The number of ether oxygens (including phenoxy) is 2. The molecule has 0 aliphatic rings. The number of aromatic nitrogens is 2. The van der Waals surface area contributed by atoms with Gasteiger partial charge in [-0.15, -0.1) is 10.2 Å². The van der Waals surface area contributed by atoms with Crippen LogP contribution in [-0.4, -0.2) is 37.9 Å². The van der Waals surface area contributed by atoms with E-state index in [1.807, 2.05) is 18.2 Å². The molecule has 12 heteroatoms. The van der Waals surface area contributed by atoms with Crippen molar-refractivity contribution in [1.29, 1.82) is 5.26 Å². The number of nitriles is 1. The first kappa shape index (κ1) is 24.2. The monoisotopic (exact) mass is 504 g/mol. The van der Waals surface area contributed by atoms with Crippen LogP contribution in [-0.2, 0) is 21.2 Å². The number of carbonyl (C=O) groups excluding carboxylic acids is 1. The first-order valence-electron chi connectivity index (χ1n) is 9.21. The Balaban J connectivity index is 1.74. The lowest BCUT2D eigenvalue weighted by Gasteiger charge is -2.11. The van der Waals surface area contributed by atoms with Gasteiger partial charge in [0.1, 0.15) is 18.2 Å². The van der Waals surface area contributed by atoms with E-state index in [2.05, 4.69) is 15.5 Å². The van der Waals surface area contributed by atoms with Gasteiger partial charge in [-0.25, -0.2) is 8.42 Å². The molecule has 1 amide bonds.